The van der Waals surface area contributed by atoms with Gasteiger partial charge in [-0.2, -0.15) is 0 Å². The molecular formula is C27H17BrN2O4S. The Morgan fingerprint density at radius 3 is 2.49 bits per heavy atom. The van der Waals surface area contributed by atoms with E-state index in [0.717, 1.165) is 10.0 Å². The third-order valence-electron chi connectivity index (χ3n) is 5.17. The Bertz CT molecular complexity index is 1480. The first-order valence-corrected chi connectivity index (χ1v) is 12.2. The molecule has 3 aromatic carbocycles. The molecule has 0 aliphatic carbocycles. The number of amidine groups is 1. The number of halogens is 1. The number of aliphatic imine (C=N–C) groups is 1. The minimum absolute atomic E-state index is 0.124. The van der Waals surface area contributed by atoms with Gasteiger partial charge in [0.25, 0.3) is 5.91 Å². The summed E-state index contributed by atoms with van der Waals surface area (Å²) >= 11 is 4.63. The first kappa shape index (κ1) is 22.9. The van der Waals surface area contributed by atoms with Crippen LogP contribution in [0, 0.1) is 0 Å². The topological polar surface area (TPSA) is 83.1 Å². The molecule has 0 atom stereocenters. The number of carboxylic acids is 1. The summed E-state index contributed by atoms with van der Waals surface area (Å²) in [6.07, 6.45) is 1.70. The zero-order valence-corrected chi connectivity index (χ0v) is 20.5. The van der Waals surface area contributed by atoms with Crippen molar-refractivity contribution in [2.75, 3.05) is 4.90 Å². The highest BCUT2D eigenvalue weighted by molar-refractivity contribution is 9.10. The number of aromatic carboxylic acids is 1. The fourth-order valence-corrected chi connectivity index (χ4v) is 4.75. The van der Waals surface area contributed by atoms with Crippen molar-refractivity contribution in [1.29, 1.82) is 0 Å². The summed E-state index contributed by atoms with van der Waals surface area (Å²) in [4.78, 5) is 31.3. The number of furan rings is 1. The molecule has 6 nitrogen and oxygen atoms in total. The second kappa shape index (κ2) is 9.77. The van der Waals surface area contributed by atoms with Crippen LogP contribution >= 0.6 is 27.7 Å². The molecule has 1 fully saturated rings. The predicted molar refractivity (Wildman–Crippen MR) is 142 cm³/mol. The van der Waals surface area contributed by atoms with Crippen LogP contribution in [-0.2, 0) is 4.79 Å². The molecule has 4 aromatic rings. The molecule has 172 valence electrons. The smallest absolute Gasteiger partial charge is 0.335 e. The maximum Gasteiger partial charge on any atom is 0.335 e. The maximum atomic E-state index is 13.4. The predicted octanol–water partition coefficient (Wildman–Crippen LogP) is 7.22. The molecule has 5 rings (SSSR count). The van der Waals surface area contributed by atoms with Crippen LogP contribution in [0.3, 0.4) is 0 Å². The molecule has 0 spiro atoms. The second-order valence-corrected chi connectivity index (χ2v) is 9.47. The van der Waals surface area contributed by atoms with Gasteiger partial charge in [-0.05, 0) is 66.4 Å². The van der Waals surface area contributed by atoms with Gasteiger partial charge in [0.1, 0.15) is 11.5 Å². The number of thioether (sulfide) groups is 1. The minimum Gasteiger partial charge on any atom is -0.478 e. The van der Waals surface area contributed by atoms with Gasteiger partial charge in [0.05, 0.1) is 21.8 Å². The standard InChI is InChI=1S/C27H17BrN2O4S/c28-19-11-9-17(10-12-19)23-14-13-22(34-23)16-24-25(31)30(21-7-2-1-3-8-21)27(35-24)29-20-6-4-5-18(15-20)26(32)33/h1-16H,(H,32,33)/b24-16+,29-27?. The van der Waals surface area contributed by atoms with Crippen LogP contribution in [0.2, 0.25) is 0 Å². The molecule has 0 saturated carbocycles. The molecule has 8 heteroatoms. The Hall–Kier alpha value is -3.88. The normalized spacial score (nSPS) is 15.8. The van der Waals surface area contributed by atoms with Gasteiger partial charge in [0, 0.05) is 16.1 Å². The highest BCUT2D eigenvalue weighted by Crippen LogP contribution is 2.38. The minimum atomic E-state index is -1.04. The summed E-state index contributed by atoms with van der Waals surface area (Å²) in [5.41, 5.74) is 2.16. The highest BCUT2D eigenvalue weighted by atomic mass is 79.9. The zero-order valence-electron chi connectivity index (χ0n) is 18.1. The Kier molecular flexibility index (Phi) is 6.39. The first-order valence-electron chi connectivity index (χ1n) is 10.5. The molecule has 1 aliphatic rings. The molecular weight excluding hydrogens is 528 g/mol. The van der Waals surface area contributed by atoms with Gasteiger partial charge in [0.15, 0.2) is 5.17 Å². The lowest BCUT2D eigenvalue weighted by Crippen LogP contribution is -2.28. The largest absolute Gasteiger partial charge is 0.478 e. The van der Waals surface area contributed by atoms with E-state index < -0.39 is 5.97 Å². The van der Waals surface area contributed by atoms with Crippen molar-refractivity contribution in [1.82, 2.24) is 0 Å². The Morgan fingerprint density at radius 2 is 1.74 bits per heavy atom. The van der Waals surface area contributed by atoms with Crippen LogP contribution in [0.15, 0.2) is 110 Å². The van der Waals surface area contributed by atoms with Gasteiger partial charge >= 0.3 is 5.97 Å². The Balaban J connectivity index is 1.51. The van der Waals surface area contributed by atoms with E-state index >= 15 is 0 Å². The molecule has 1 N–H and O–H groups in total. The lowest BCUT2D eigenvalue weighted by molar-refractivity contribution is -0.113. The molecule has 1 saturated heterocycles. The van der Waals surface area contributed by atoms with Crippen molar-refractivity contribution < 1.29 is 19.1 Å². The number of hydrogen-bond donors (Lipinski definition) is 1. The fourth-order valence-electron chi connectivity index (χ4n) is 3.50. The van der Waals surface area contributed by atoms with Gasteiger partial charge in [0.2, 0.25) is 0 Å². The van der Waals surface area contributed by atoms with Crippen LogP contribution in [0.4, 0.5) is 11.4 Å². The van der Waals surface area contributed by atoms with Crippen molar-refractivity contribution in [3.63, 3.8) is 0 Å². The fraction of sp³-hybridized carbons (Fsp3) is 0. The molecule has 0 unspecified atom stereocenters. The van der Waals surface area contributed by atoms with Gasteiger partial charge in [-0.3, -0.25) is 9.69 Å². The average molecular weight is 545 g/mol. The van der Waals surface area contributed by atoms with Gasteiger partial charge in [-0.1, -0.05) is 52.3 Å². The van der Waals surface area contributed by atoms with Gasteiger partial charge in [-0.25, -0.2) is 9.79 Å². The van der Waals surface area contributed by atoms with E-state index in [1.165, 1.54) is 28.8 Å². The number of benzene rings is 3. The maximum absolute atomic E-state index is 13.4. The van der Waals surface area contributed by atoms with Crippen molar-refractivity contribution in [3.8, 4) is 11.3 Å². The number of carbonyl (C=O) groups is 2. The number of anilines is 1. The monoisotopic (exact) mass is 544 g/mol. The molecule has 0 bridgehead atoms. The summed E-state index contributed by atoms with van der Waals surface area (Å²) in [6, 6.07) is 26.9. The van der Waals surface area contributed by atoms with Gasteiger partial charge in [-0.15, -0.1) is 0 Å². The van der Waals surface area contributed by atoms with Crippen molar-refractivity contribution >= 4 is 62.2 Å². The van der Waals surface area contributed by atoms with E-state index in [1.54, 1.807) is 18.2 Å². The van der Waals surface area contributed by atoms with E-state index in [9.17, 15) is 14.7 Å². The highest BCUT2D eigenvalue weighted by Gasteiger charge is 2.35. The number of carboxylic acid groups (broad SMARTS) is 1. The van der Waals surface area contributed by atoms with E-state index in [0.29, 0.717) is 33.0 Å². The number of rotatable bonds is 5. The lowest BCUT2D eigenvalue weighted by atomic mass is 10.2. The number of para-hydroxylation sites is 1. The molecule has 35 heavy (non-hydrogen) atoms. The van der Waals surface area contributed by atoms with Crippen LogP contribution in [0.1, 0.15) is 16.1 Å². The van der Waals surface area contributed by atoms with Gasteiger partial charge < -0.3 is 9.52 Å². The number of nitrogens with zero attached hydrogens (tertiary/aromatic N) is 2. The molecule has 1 aromatic heterocycles. The van der Waals surface area contributed by atoms with E-state index in [1.807, 2.05) is 66.7 Å². The number of hydrogen-bond acceptors (Lipinski definition) is 5. The van der Waals surface area contributed by atoms with Crippen LogP contribution in [-0.4, -0.2) is 22.2 Å². The zero-order chi connectivity index (χ0) is 24.4. The van der Waals surface area contributed by atoms with E-state index in [-0.39, 0.29) is 11.5 Å². The first-order chi connectivity index (χ1) is 17.0. The lowest BCUT2D eigenvalue weighted by Gasteiger charge is -2.15. The molecule has 2 heterocycles. The van der Waals surface area contributed by atoms with Crippen LogP contribution in [0.5, 0.6) is 0 Å². The molecule has 1 amide bonds. The summed E-state index contributed by atoms with van der Waals surface area (Å²) in [5.74, 6) is -0.0435. The summed E-state index contributed by atoms with van der Waals surface area (Å²) in [5, 5.41) is 9.73. The number of amides is 1. The summed E-state index contributed by atoms with van der Waals surface area (Å²) in [7, 11) is 0. The number of carbonyl (C=O) groups excluding carboxylic acids is 1. The van der Waals surface area contributed by atoms with E-state index in [2.05, 4.69) is 20.9 Å². The second-order valence-electron chi connectivity index (χ2n) is 7.55. The quantitative estimate of drug-likeness (QED) is 0.268. The van der Waals surface area contributed by atoms with Crippen molar-refractivity contribution in [3.05, 3.63) is 112 Å². The Labute approximate surface area is 213 Å². The molecule has 1 aliphatic heterocycles. The van der Waals surface area contributed by atoms with Crippen molar-refractivity contribution in [2.24, 2.45) is 4.99 Å². The van der Waals surface area contributed by atoms with Crippen molar-refractivity contribution in [2.45, 2.75) is 0 Å². The molecule has 0 radical (unpaired) electrons. The SMILES string of the molecule is O=C(O)c1cccc(N=C2S/C(=C/c3ccc(-c4ccc(Br)cc4)o3)C(=O)N2c2ccccc2)c1. The van der Waals surface area contributed by atoms with E-state index in [4.69, 9.17) is 4.42 Å². The van der Waals surface area contributed by atoms with Crippen LogP contribution < -0.4 is 4.90 Å². The Morgan fingerprint density at radius 1 is 0.971 bits per heavy atom. The third kappa shape index (κ3) is 4.99. The summed E-state index contributed by atoms with van der Waals surface area (Å²) in [6.45, 7) is 0. The summed E-state index contributed by atoms with van der Waals surface area (Å²) < 4.78 is 6.95. The third-order valence-corrected chi connectivity index (χ3v) is 6.67. The van der Waals surface area contributed by atoms with Crippen LogP contribution in [0.25, 0.3) is 17.4 Å². The average Bonchev–Trinajstić information content (AvgIpc) is 3.45.